The lowest BCUT2D eigenvalue weighted by Crippen LogP contribution is -2.29. The Hall–Kier alpha value is -2.55. The Morgan fingerprint density at radius 2 is 1.36 bits per heavy atom. The number of nitrogens with one attached hydrogen (secondary N) is 1. The summed E-state index contributed by atoms with van der Waals surface area (Å²) in [4.78, 5) is 26.6. The van der Waals surface area contributed by atoms with E-state index in [4.69, 9.17) is 5.21 Å². The van der Waals surface area contributed by atoms with Crippen molar-refractivity contribution in [2.75, 3.05) is 4.90 Å². The number of anilines is 1. The number of carbonyl (C=O) groups is 2. The number of nitrogens with zero attached hydrogens (tertiary/aromatic N) is 1. The van der Waals surface area contributed by atoms with Gasteiger partial charge in [-0.2, -0.15) is 0 Å². The summed E-state index contributed by atoms with van der Waals surface area (Å²) in [5, 5.41) is 8.57. The SMILES string of the molecule is O=C1c2ccccc2C(=O)N1c1ccc(S(=O)(=O)NO)cc1. The molecule has 0 unspecified atom stereocenters. The molecule has 0 bridgehead atoms. The molecule has 22 heavy (non-hydrogen) atoms. The van der Waals surface area contributed by atoms with Gasteiger partial charge in [0.2, 0.25) is 0 Å². The third kappa shape index (κ3) is 2.10. The molecule has 0 saturated heterocycles. The Morgan fingerprint density at radius 3 is 1.82 bits per heavy atom. The van der Waals surface area contributed by atoms with Crippen molar-refractivity contribution in [2.24, 2.45) is 0 Å². The van der Waals surface area contributed by atoms with Crippen LogP contribution in [-0.4, -0.2) is 25.4 Å². The fourth-order valence-electron chi connectivity index (χ4n) is 2.25. The first kappa shape index (κ1) is 14.4. The smallest absolute Gasteiger partial charge is 0.266 e. The van der Waals surface area contributed by atoms with Crippen molar-refractivity contribution in [3.8, 4) is 0 Å². The minimum absolute atomic E-state index is 0.185. The van der Waals surface area contributed by atoms with Crippen molar-refractivity contribution >= 4 is 27.5 Å². The largest absolute Gasteiger partial charge is 0.302 e. The van der Waals surface area contributed by atoms with Gasteiger partial charge in [0, 0.05) is 0 Å². The van der Waals surface area contributed by atoms with Crippen LogP contribution in [-0.2, 0) is 10.0 Å². The summed E-state index contributed by atoms with van der Waals surface area (Å²) in [7, 11) is -4.00. The van der Waals surface area contributed by atoms with E-state index in [9.17, 15) is 18.0 Å². The minimum atomic E-state index is -4.00. The van der Waals surface area contributed by atoms with Gasteiger partial charge in [0.05, 0.1) is 21.7 Å². The fraction of sp³-hybridized carbons (Fsp3) is 0. The molecular weight excluding hydrogens is 308 g/mol. The van der Waals surface area contributed by atoms with Crippen molar-refractivity contribution in [1.82, 2.24) is 4.89 Å². The normalized spacial score (nSPS) is 14.3. The molecule has 2 aromatic rings. The summed E-state index contributed by atoms with van der Waals surface area (Å²) in [6, 6.07) is 11.5. The molecule has 8 heteroatoms. The van der Waals surface area contributed by atoms with Crippen LogP contribution in [0.15, 0.2) is 53.4 Å². The maximum Gasteiger partial charge on any atom is 0.266 e. The van der Waals surface area contributed by atoms with Crippen LogP contribution in [0.2, 0.25) is 0 Å². The van der Waals surface area contributed by atoms with Crippen LogP contribution >= 0.6 is 0 Å². The molecule has 2 N–H and O–H groups in total. The Morgan fingerprint density at radius 1 is 0.864 bits per heavy atom. The number of fused-ring (bicyclic) bond motifs is 1. The van der Waals surface area contributed by atoms with Gasteiger partial charge in [0.1, 0.15) is 0 Å². The molecule has 0 saturated carbocycles. The van der Waals surface area contributed by atoms with E-state index in [1.807, 2.05) is 0 Å². The Balaban J connectivity index is 2.00. The summed E-state index contributed by atoms with van der Waals surface area (Å²) in [6.07, 6.45) is 0. The highest BCUT2D eigenvalue weighted by Crippen LogP contribution is 2.28. The van der Waals surface area contributed by atoms with E-state index in [-0.39, 0.29) is 10.6 Å². The molecule has 1 aliphatic rings. The fourth-order valence-corrected chi connectivity index (χ4v) is 2.85. The molecule has 3 rings (SSSR count). The first-order valence-corrected chi connectivity index (χ1v) is 7.68. The first-order valence-electron chi connectivity index (χ1n) is 6.19. The summed E-state index contributed by atoms with van der Waals surface area (Å²) in [6.45, 7) is 0. The van der Waals surface area contributed by atoms with Gasteiger partial charge >= 0.3 is 0 Å². The zero-order valence-corrected chi connectivity index (χ0v) is 11.9. The summed E-state index contributed by atoms with van der Waals surface area (Å²) < 4.78 is 22.9. The molecule has 0 atom stereocenters. The summed E-state index contributed by atoms with van der Waals surface area (Å²) in [5.74, 6) is -0.923. The summed E-state index contributed by atoms with van der Waals surface area (Å²) >= 11 is 0. The van der Waals surface area contributed by atoms with Crippen LogP contribution in [0.25, 0.3) is 0 Å². The number of imide groups is 1. The van der Waals surface area contributed by atoms with Gasteiger partial charge in [0.15, 0.2) is 0 Å². The van der Waals surface area contributed by atoms with Gasteiger partial charge in [-0.1, -0.05) is 17.0 Å². The van der Waals surface area contributed by atoms with Gasteiger partial charge in [-0.05, 0) is 36.4 Å². The Bertz CT molecular complexity index is 839. The topological polar surface area (TPSA) is 104 Å². The molecule has 112 valence electrons. The van der Waals surface area contributed by atoms with Crippen LogP contribution in [0.5, 0.6) is 0 Å². The molecule has 2 amide bonds. The third-order valence-electron chi connectivity index (χ3n) is 3.32. The maximum atomic E-state index is 12.3. The second-order valence-corrected chi connectivity index (χ2v) is 6.24. The lowest BCUT2D eigenvalue weighted by Gasteiger charge is -2.14. The summed E-state index contributed by atoms with van der Waals surface area (Å²) in [5.41, 5.74) is 0.866. The zero-order valence-electron chi connectivity index (χ0n) is 11.1. The van der Waals surface area contributed by atoms with E-state index >= 15 is 0 Å². The average Bonchev–Trinajstić information content (AvgIpc) is 2.79. The number of hydrogen-bond donors (Lipinski definition) is 2. The molecule has 0 aromatic heterocycles. The van der Waals surface area contributed by atoms with Crippen LogP contribution in [0.1, 0.15) is 20.7 Å². The molecule has 1 heterocycles. The van der Waals surface area contributed by atoms with E-state index in [1.54, 1.807) is 24.3 Å². The van der Waals surface area contributed by atoms with Crippen molar-refractivity contribution in [1.29, 1.82) is 0 Å². The third-order valence-corrected chi connectivity index (χ3v) is 4.45. The van der Waals surface area contributed by atoms with E-state index in [1.165, 1.54) is 29.2 Å². The molecular formula is C14H10N2O5S. The van der Waals surface area contributed by atoms with Crippen LogP contribution < -0.4 is 9.79 Å². The monoisotopic (exact) mass is 318 g/mol. The van der Waals surface area contributed by atoms with E-state index in [0.29, 0.717) is 11.1 Å². The molecule has 0 spiro atoms. The molecule has 1 aliphatic heterocycles. The number of rotatable bonds is 3. The Labute approximate surface area is 125 Å². The van der Waals surface area contributed by atoms with E-state index < -0.39 is 21.8 Å². The maximum absolute atomic E-state index is 12.3. The number of carbonyl (C=O) groups excluding carboxylic acids is 2. The second kappa shape index (κ2) is 5.02. The van der Waals surface area contributed by atoms with E-state index in [2.05, 4.69) is 0 Å². The second-order valence-electron chi connectivity index (χ2n) is 4.58. The van der Waals surface area contributed by atoms with Crippen molar-refractivity contribution in [3.05, 3.63) is 59.7 Å². The number of hydrogen-bond acceptors (Lipinski definition) is 5. The predicted octanol–water partition coefficient (Wildman–Crippen LogP) is 1.15. The molecule has 0 aliphatic carbocycles. The van der Waals surface area contributed by atoms with Gasteiger partial charge in [0.25, 0.3) is 21.8 Å². The van der Waals surface area contributed by atoms with Gasteiger partial charge in [-0.25, -0.2) is 13.3 Å². The lowest BCUT2D eigenvalue weighted by molar-refractivity contribution is 0.0926. The highest BCUT2D eigenvalue weighted by atomic mass is 32.2. The first-order chi connectivity index (χ1) is 10.5. The molecule has 2 aromatic carbocycles. The zero-order chi connectivity index (χ0) is 15.9. The van der Waals surface area contributed by atoms with Gasteiger partial charge < -0.3 is 5.21 Å². The number of amides is 2. The van der Waals surface area contributed by atoms with Crippen molar-refractivity contribution in [2.45, 2.75) is 4.90 Å². The van der Waals surface area contributed by atoms with Crippen LogP contribution in [0, 0.1) is 0 Å². The van der Waals surface area contributed by atoms with Crippen molar-refractivity contribution < 1.29 is 23.2 Å². The number of benzene rings is 2. The minimum Gasteiger partial charge on any atom is -0.302 e. The van der Waals surface area contributed by atoms with Crippen LogP contribution in [0.3, 0.4) is 0 Å². The van der Waals surface area contributed by atoms with E-state index in [0.717, 1.165) is 4.90 Å². The standard InChI is InChI=1S/C14H10N2O5S/c17-13-11-3-1-2-4-12(11)14(18)16(13)9-5-7-10(8-6-9)22(20,21)15-19/h1-8,15,19H. The Kier molecular flexibility index (Phi) is 3.28. The van der Waals surface area contributed by atoms with Crippen molar-refractivity contribution in [3.63, 3.8) is 0 Å². The molecule has 0 fully saturated rings. The van der Waals surface area contributed by atoms with Gasteiger partial charge in [-0.15, -0.1) is 0 Å². The van der Waals surface area contributed by atoms with Crippen LogP contribution in [0.4, 0.5) is 5.69 Å². The highest BCUT2D eigenvalue weighted by Gasteiger charge is 2.36. The average molecular weight is 318 g/mol. The number of sulfonamides is 1. The predicted molar refractivity (Wildman–Crippen MR) is 76.1 cm³/mol. The lowest BCUT2D eigenvalue weighted by atomic mass is 10.1. The molecule has 0 radical (unpaired) electrons. The molecule has 7 nitrogen and oxygen atoms in total. The highest BCUT2D eigenvalue weighted by molar-refractivity contribution is 7.89. The quantitative estimate of drug-likeness (QED) is 0.653. The van der Waals surface area contributed by atoms with Gasteiger partial charge in [-0.3, -0.25) is 9.59 Å².